The second-order valence-electron chi connectivity index (χ2n) is 12.1. The predicted molar refractivity (Wildman–Crippen MR) is 174 cm³/mol. The van der Waals surface area contributed by atoms with Gasteiger partial charge >= 0.3 is 0 Å². The van der Waals surface area contributed by atoms with Crippen molar-refractivity contribution in [3.63, 3.8) is 0 Å². The summed E-state index contributed by atoms with van der Waals surface area (Å²) in [6.45, 7) is 3.62. The Kier molecular flexibility index (Phi) is 7.50. The molecule has 1 saturated heterocycles. The van der Waals surface area contributed by atoms with Crippen LogP contribution in [0.3, 0.4) is 0 Å². The fourth-order valence-corrected chi connectivity index (χ4v) is 8.03. The highest BCUT2D eigenvalue weighted by Gasteiger charge is 2.52. The van der Waals surface area contributed by atoms with E-state index in [1.54, 1.807) is 57.6 Å². The summed E-state index contributed by atoms with van der Waals surface area (Å²) in [6, 6.07) is 4.64. The van der Waals surface area contributed by atoms with Crippen molar-refractivity contribution in [3.05, 3.63) is 74.5 Å². The van der Waals surface area contributed by atoms with Crippen LogP contribution in [0.2, 0.25) is 0 Å². The third-order valence-corrected chi connectivity index (χ3v) is 9.97. The van der Waals surface area contributed by atoms with Gasteiger partial charge in [0.2, 0.25) is 5.91 Å². The van der Waals surface area contributed by atoms with Crippen LogP contribution in [-0.4, -0.2) is 82.8 Å². The maximum atomic E-state index is 14.7. The molecule has 0 unspecified atom stereocenters. The molecule has 3 aromatic rings. The smallest absolute Gasteiger partial charge is 0.261 e. The highest BCUT2D eigenvalue weighted by atomic mass is 16.5. The number of piperazine rings is 1. The monoisotopic (exact) mass is 655 g/mol. The Bertz CT molecular complexity index is 1920. The second-order valence-corrected chi connectivity index (χ2v) is 12.1. The van der Waals surface area contributed by atoms with Crippen LogP contribution in [0.25, 0.3) is 6.08 Å². The lowest BCUT2D eigenvalue weighted by atomic mass is 9.78. The van der Waals surface area contributed by atoms with E-state index in [0.717, 1.165) is 16.7 Å². The Balaban J connectivity index is 1.51. The van der Waals surface area contributed by atoms with Crippen LogP contribution in [0.5, 0.6) is 34.5 Å². The summed E-state index contributed by atoms with van der Waals surface area (Å²) in [5.74, 6) is 1.90. The first-order valence-corrected chi connectivity index (χ1v) is 15.6. The zero-order valence-corrected chi connectivity index (χ0v) is 28.1. The van der Waals surface area contributed by atoms with Crippen LogP contribution in [0.1, 0.15) is 66.2 Å². The van der Waals surface area contributed by atoms with Crippen LogP contribution < -0.4 is 33.7 Å². The van der Waals surface area contributed by atoms with E-state index in [0.29, 0.717) is 74.4 Å². The average molecular weight is 656 g/mol. The van der Waals surface area contributed by atoms with E-state index in [1.165, 1.54) is 19.1 Å². The van der Waals surface area contributed by atoms with Gasteiger partial charge in [-0.25, -0.2) is 0 Å². The number of imide groups is 1. The van der Waals surface area contributed by atoms with Gasteiger partial charge in [-0.2, -0.15) is 0 Å². The molecule has 7 rings (SSSR count). The topological polar surface area (TPSA) is 125 Å². The number of hydrogen-bond acceptors (Lipinski definition) is 10. The average Bonchev–Trinajstić information content (AvgIpc) is 3.33. The van der Waals surface area contributed by atoms with Crippen LogP contribution in [-0.2, 0) is 11.2 Å². The fraction of sp³-hybridized carbons (Fsp3) is 0.361. The van der Waals surface area contributed by atoms with Crippen molar-refractivity contribution in [2.24, 2.45) is 0 Å². The van der Waals surface area contributed by atoms with Gasteiger partial charge in [0.05, 0.1) is 78.5 Å². The molecule has 250 valence electrons. The fourth-order valence-electron chi connectivity index (χ4n) is 8.03. The molecule has 4 aliphatic heterocycles. The number of fused-ring (bicyclic) bond motifs is 8. The lowest BCUT2D eigenvalue weighted by Gasteiger charge is -2.50. The van der Waals surface area contributed by atoms with Gasteiger partial charge in [-0.15, -0.1) is 0 Å². The summed E-state index contributed by atoms with van der Waals surface area (Å²) in [5, 5.41) is 3.54. The molecule has 0 aromatic heterocycles. The van der Waals surface area contributed by atoms with E-state index < -0.39 is 29.9 Å². The van der Waals surface area contributed by atoms with Gasteiger partial charge in [-0.05, 0) is 32.1 Å². The minimum Gasteiger partial charge on any atom is -0.496 e. The minimum absolute atomic E-state index is 0.141. The summed E-state index contributed by atoms with van der Waals surface area (Å²) >= 11 is 0. The third kappa shape index (κ3) is 4.08. The molecule has 0 saturated carbocycles. The summed E-state index contributed by atoms with van der Waals surface area (Å²) in [5.41, 5.74) is 5.50. The molecular weight excluding hydrogens is 618 g/mol. The van der Waals surface area contributed by atoms with Crippen molar-refractivity contribution in [2.75, 3.05) is 49.2 Å². The first-order chi connectivity index (χ1) is 23.2. The number of ether oxygens (including phenoxy) is 6. The van der Waals surface area contributed by atoms with Crippen LogP contribution >= 0.6 is 0 Å². The molecule has 1 fully saturated rings. The van der Waals surface area contributed by atoms with Gasteiger partial charge in [0.15, 0.2) is 23.0 Å². The number of benzene rings is 3. The van der Waals surface area contributed by atoms with Crippen molar-refractivity contribution in [3.8, 4) is 34.5 Å². The Hall–Kier alpha value is -5.23. The van der Waals surface area contributed by atoms with Gasteiger partial charge in [0.1, 0.15) is 11.5 Å². The van der Waals surface area contributed by atoms with E-state index in [1.807, 2.05) is 19.9 Å². The van der Waals surface area contributed by atoms with Crippen LogP contribution in [0.4, 0.5) is 0 Å². The quantitative estimate of drug-likeness (QED) is 0.354. The number of rotatable bonds is 8. The number of carbonyl (C=O) groups is 3. The zero-order valence-electron chi connectivity index (χ0n) is 28.1. The maximum absolute atomic E-state index is 14.7. The summed E-state index contributed by atoms with van der Waals surface area (Å²) in [7, 11) is 9.39. The summed E-state index contributed by atoms with van der Waals surface area (Å²) in [4.78, 5) is 45.1. The molecule has 3 aromatic carbocycles. The van der Waals surface area contributed by atoms with Gasteiger partial charge < -0.3 is 33.3 Å². The van der Waals surface area contributed by atoms with Crippen LogP contribution in [0, 0.1) is 13.8 Å². The van der Waals surface area contributed by atoms with E-state index >= 15 is 0 Å². The lowest BCUT2D eigenvalue weighted by molar-refractivity contribution is -0.137. The molecule has 12 nitrogen and oxygen atoms in total. The number of amides is 3. The van der Waals surface area contributed by atoms with Gasteiger partial charge in [0, 0.05) is 45.5 Å². The molecule has 3 amide bonds. The Labute approximate surface area is 278 Å². The number of hydrogen-bond donors (Lipinski definition) is 1. The maximum Gasteiger partial charge on any atom is 0.261 e. The lowest BCUT2D eigenvalue weighted by Crippen LogP contribution is -2.60. The molecule has 12 heteroatoms. The van der Waals surface area contributed by atoms with Crippen molar-refractivity contribution >= 4 is 23.8 Å². The molecule has 0 aliphatic carbocycles. The van der Waals surface area contributed by atoms with Crippen molar-refractivity contribution in [1.29, 1.82) is 0 Å². The summed E-state index contributed by atoms with van der Waals surface area (Å²) in [6.07, 6.45) is 2.21. The molecule has 4 aliphatic rings. The molecule has 2 bridgehead atoms. The molecule has 48 heavy (non-hydrogen) atoms. The summed E-state index contributed by atoms with van der Waals surface area (Å²) < 4.78 is 35.6. The number of nitrogens with zero attached hydrogens (tertiary/aromatic N) is 2. The second kappa shape index (κ2) is 11.5. The molecular formula is C36H37N3O9. The molecule has 4 heterocycles. The predicted octanol–water partition coefficient (Wildman–Crippen LogP) is 4.14. The standard InChI is InChI=1S/C36H37N3O9/c1-16-28(43-3)20-13-22-36(42)39-23(27(37-22)26(20)33(48-8)31(16)46-6)14-21-25(32(47-7)30(45-5)17(2)29(21)44-4)24(39)15-38-34(40)18-11-9-10-12-19(18)35(38)41/h9-12,14,22,24,27,37H,13,15H2,1-8H3/t22-,24-,27-/m0/s1. The number of methoxy groups -OCH3 is 6. The normalized spacial score (nSPS) is 20.4. The third-order valence-electron chi connectivity index (χ3n) is 9.97. The first kappa shape index (κ1) is 31.4. The number of carbonyl (C=O) groups excluding carboxylic acids is 3. The van der Waals surface area contributed by atoms with Crippen molar-refractivity contribution in [1.82, 2.24) is 15.1 Å². The minimum atomic E-state index is -0.859. The highest BCUT2D eigenvalue weighted by Crippen LogP contribution is 2.57. The van der Waals surface area contributed by atoms with Crippen molar-refractivity contribution in [2.45, 2.75) is 38.4 Å². The van der Waals surface area contributed by atoms with Gasteiger partial charge in [0.25, 0.3) is 11.8 Å². The van der Waals surface area contributed by atoms with Gasteiger partial charge in [-0.3, -0.25) is 24.6 Å². The first-order valence-electron chi connectivity index (χ1n) is 15.6. The molecule has 0 radical (unpaired) electrons. The highest BCUT2D eigenvalue weighted by molar-refractivity contribution is 6.21. The van der Waals surface area contributed by atoms with E-state index in [4.69, 9.17) is 28.4 Å². The SMILES string of the molecule is COc1c(C)c(OC)c(OC)c2c1C=C1[C@@H]3N[C@@H](Cc4c(OC)c(C)c(OC)c(OC)c43)C(=O)N1[C@H]2CN1C(=O)c2ccccc2C1=O. The van der Waals surface area contributed by atoms with Crippen LogP contribution in [0.15, 0.2) is 30.0 Å². The molecule has 1 N–H and O–H groups in total. The largest absolute Gasteiger partial charge is 0.496 e. The van der Waals surface area contributed by atoms with Gasteiger partial charge in [-0.1, -0.05) is 12.1 Å². The Morgan fingerprint density at radius 2 is 1.23 bits per heavy atom. The Morgan fingerprint density at radius 1 is 0.708 bits per heavy atom. The van der Waals surface area contributed by atoms with E-state index in [2.05, 4.69) is 5.32 Å². The van der Waals surface area contributed by atoms with Crippen molar-refractivity contribution < 1.29 is 42.8 Å². The molecule has 3 atom stereocenters. The van der Waals surface area contributed by atoms with E-state index in [9.17, 15) is 14.4 Å². The van der Waals surface area contributed by atoms with E-state index in [-0.39, 0.29) is 12.5 Å². The zero-order chi connectivity index (χ0) is 34.2. The number of nitrogens with one attached hydrogen (secondary N) is 1. The Morgan fingerprint density at radius 3 is 1.77 bits per heavy atom. The molecule has 0 spiro atoms.